The lowest BCUT2D eigenvalue weighted by molar-refractivity contribution is 0.0599. The summed E-state index contributed by atoms with van der Waals surface area (Å²) in [5.41, 5.74) is 2.75. The zero-order valence-corrected chi connectivity index (χ0v) is 18.3. The van der Waals surface area contributed by atoms with Crippen LogP contribution in [0.3, 0.4) is 0 Å². The molecule has 0 saturated heterocycles. The number of hydrogen-bond donors (Lipinski definition) is 1. The predicted molar refractivity (Wildman–Crippen MR) is 121 cm³/mol. The molecular formula is C25H23N3O5. The molecule has 8 heteroatoms. The first-order valence-corrected chi connectivity index (χ1v) is 10.3. The SMILES string of the molecule is COC(=O)c1ccccc1Cn1cc(NC(=O)c2ccc(COc3ccccc3C)o2)cn1. The molecule has 0 radical (unpaired) electrons. The number of anilines is 1. The highest BCUT2D eigenvalue weighted by Gasteiger charge is 2.15. The quantitative estimate of drug-likeness (QED) is 0.403. The van der Waals surface area contributed by atoms with Gasteiger partial charge in [0.15, 0.2) is 5.76 Å². The highest BCUT2D eigenvalue weighted by Crippen LogP contribution is 2.19. The normalized spacial score (nSPS) is 10.6. The van der Waals surface area contributed by atoms with E-state index in [4.69, 9.17) is 13.9 Å². The van der Waals surface area contributed by atoms with Gasteiger partial charge >= 0.3 is 5.97 Å². The van der Waals surface area contributed by atoms with E-state index in [1.807, 2.05) is 43.3 Å². The topological polar surface area (TPSA) is 95.6 Å². The van der Waals surface area contributed by atoms with Crippen molar-refractivity contribution < 1.29 is 23.5 Å². The third-order valence-electron chi connectivity index (χ3n) is 5.00. The van der Waals surface area contributed by atoms with Crippen molar-refractivity contribution in [3.63, 3.8) is 0 Å². The molecule has 0 bridgehead atoms. The van der Waals surface area contributed by atoms with Gasteiger partial charge in [-0.05, 0) is 42.3 Å². The molecule has 4 aromatic rings. The van der Waals surface area contributed by atoms with Gasteiger partial charge in [-0.15, -0.1) is 0 Å². The average molecular weight is 445 g/mol. The van der Waals surface area contributed by atoms with Crippen molar-refractivity contribution in [2.24, 2.45) is 0 Å². The summed E-state index contributed by atoms with van der Waals surface area (Å²) in [6.45, 7) is 2.53. The van der Waals surface area contributed by atoms with E-state index >= 15 is 0 Å². The molecule has 2 aromatic carbocycles. The summed E-state index contributed by atoms with van der Waals surface area (Å²) in [5, 5.41) is 7.02. The number of aromatic nitrogens is 2. The molecule has 0 aliphatic carbocycles. The number of nitrogens with one attached hydrogen (secondary N) is 1. The fraction of sp³-hybridized carbons (Fsp3) is 0.160. The molecular weight excluding hydrogens is 422 g/mol. The number of ether oxygens (including phenoxy) is 2. The summed E-state index contributed by atoms with van der Waals surface area (Å²) in [7, 11) is 1.34. The number of carbonyl (C=O) groups is 2. The number of rotatable bonds is 8. The second-order valence-electron chi connectivity index (χ2n) is 7.35. The second-order valence-corrected chi connectivity index (χ2v) is 7.35. The van der Waals surface area contributed by atoms with Crippen molar-refractivity contribution >= 4 is 17.6 Å². The summed E-state index contributed by atoms with van der Waals surface area (Å²) in [6, 6.07) is 18.1. The Morgan fingerprint density at radius 2 is 1.85 bits per heavy atom. The van der Waals surface area contributed by atoms with E-state index in [1.54, 1.807) is 35.1 Å². The first-order valence-electron chi connectivity index (χ1n) is 10.3. The molecule has 0 aliphatic rings. The summed E-state index contributed by atoms with van der Waals surface area (Å²) in [4.78, 5) is 24.5. The maximum absolute atomic E-state index is 12.6. The Kier molecular flexibility index (Phi) is 6.54. The smallest absolute Gasteiger partial charge is 0.338 e. The van der Waals surface area contributed by atoms with E-state index in [0.29, 0.717) is 23.6 Å². The number of aryl methyl sites for hydroxylation is 1. The number of furan rings is 1. The van der Waals surface area contributed by atoms with E-state index < -0.39 is 11.9 Å². The van der Waals surface area contributed by atoms with Crippen LogP contribution in [0.25, 0.3) is 0 Å². The Bertz CT molecular complexity index is 1270. The number of benzene rings is 2. The molecule has 2 aromatic heterocycles. The number of nitrogens with zero attached hydrogens (tertiary/aromatic N) is 2. The van der Waals surface area contributed by atoms with Crippen LogP contribution in [0.2, 0.25) is 0 Å². The Balaban J connectivity index is 1.37. The first-order chi connectivity index (χ1) is 16.0. The van der Waals surface area contributed by atoms with Gasteiger partial charge in [0.25, 0.3) is 5.91 Å². The lowest BCUT2D eigenvalue weighted by atomic mass is 10.1. The van der Waals surface area contributed by atoms with Crippen molar-refractivity contribution in [3.05, 3.63) is 101 Å². The molecule has 2 heterocycles. The van der Waals surface area contributed by atoms with Crippen LogP contribution in [0.15, 0.2) is 77.5 Å². The fourth-order valence-electron chi connectivity index (χ4n) is 3.29. The van der Waals surface area contributed by atoms with Gasteiger partial charge in [-0.3, -0.25) is 9.48 Å². The maximum atomic E-state index is 12.6. The molecule has 0 atom stereocenters. The highest BCUT2D eigenvalue weighted by atomic mass is 16.5. The largest absolute Gasteiger partial charge is 0.485 e. The van der Waals surface area contributed by atoms with Gasteiger partial charge in [0.1, 0.15) is 18.1 Å². The number of para-hydroxylation sites is 1. The molecule has 1 amide bonds. The van der Waals surface area contributed by atoms with Crippen molar-refractivity contribution in [2.45, 2.75) is 20.1 Å². The highest BCUT2D eigenvalue weighted by molar-refractivity contribution is 6.02. The van der Waals surface area contributed by atoms with Gasteiger partial charge in [0.2, 0.25) is 0 Å². The van der Waals surface area contributed by atoms with E-state index in [2.05, 4.69) is 10.4 Å². The first kappa shape index (κ1) is 21.9. The number of amides is 1. The molecule has 0 spiro atoms. The van der Waals surface area contributed by atoms with Gasteiger partial charge in [0.05, 0.1) is 31.1 Å². The van der Waals surface area contributed by atoms with Crippen LogP contribution < -0.4 is 10.1 Å². The molecule has 0 unspecified atom stereocenters. The minimum absolute atomic E-state index is 0.169. The Morgan fingerprint density at radius 3 is 2.67 bits per heavy atom. The number of hydrogen-bond acceptors (Lipinski definition) is 6. The summed E-state index contributed by atoms with van der Waals surface area (Å²) < 4.78 is 17.8. The molecule has 1 N–H and O–H groups in total. The molecule has 0 aliphatic heterocycles. The van der Waals surface area contributed by atoms with Crippen LogP contribution in [0.1, 0.15) is 37.8 Å². The average Bonchev–Trinajstić information content (AvgIpc) is 3.48. The van der Waals surface area contributed by atoms with Crippen LogP contribution in [0, 0.1) is 6.92 Å². The summed E-state index contributed by atoms with van der Waals surface area (Å²) in [5.74, 6) is 0.666. The molecule has 4 rings (SSSR count). The lowest BCUT2D eigenvalue weighted by Crippen LogP contribution is -2.11. The third-order valence-corrected chi connectivity index (χ3v) is 5.00. The summed E-state index contributed by atoms with van der Waals surface area (Å²) in [6.07, 6.45) is 3.21. The zero-order valence-electron chi connectivity index (χ0n) is 18.3. The van der Waals surface area contributed by atoms with Crippen LogP contribution in [-0.2, 0) is 17.9 Å². The minimum Gasteiger partial charge on any atom is -0.485 e. The Morgan fingerprint density at radius 1 is 1.06 bits per heavy atom. The molecule has 33 heavy (non-hydrogen) atoms. The van der Waals surface area contributed by atoms with E-state index in [1.165, 1.54) is 13.3 Å². The van der Waals surface area contributed by atoms with Gasteiger partial charge in [-0.2, -0.15) is 5.10 Å². The fourth-order valence-corrected chi connectivity index (χ4v) is 3.29. The van der Waals surface area contributed by atoms with Gasteiger partial charge < -0.3 is 19.2 Å². The summed E-state index contributed by atoms with van der Waals surface area (Å²) >= 11 is 0. The van der Waals surface area contributed by atoms with Crippen molar-refractivity contribution in [1.29, 1.82) is 0 Å². The second kappa shape index (κ2) is 9.86. The van der Waals surface area contributed by atoms with Crippen molar-refractivity contribution in [3.8, 4) is 5.75 Å². The zero-order chi connectivity index (χ0) is 23.2. The third kappa shape index (κ3) is 5.30. The molecule has 168 valence electrons. The predicted octanol–water partition coefficient (Wildman–Crippen LogP) is 4.45. The minimum atomic E-state index is -0.411. The molecule has 0 fully saturated rings. The Hall–Kier alpha value is -4.33. The van der Waals surface area contributed by atoms with Crippen LogP contribution in [0.4, 0.5) is 5.69 Å². The number of carbonyl (C=O) groups excluding carboxylic acids is 2. The Labute approximate surface area is 190 Å². The molecule has 0 saturated carbocycles. The number of esters is 1. The van der Waals surface area contributed by atoms with Crippen molar-refractivity contribution in [1.82, 2.24) is 9.78 Å². The number of methoxy groups -OCH3 is 1. The van der Waals surface area contributed by atoms with Crippen molar-refractivity contribution in [2.75, 3.05) is 12.4 Å². The van der Waals surface area contributed by atoms with E-state index in [9.17, 15) is 9.59 Å². The van der Waals surface area contributed by atoms with Crippen LogP contribution in [-0.4, -0.2) is 28.8 Å². The van der Waals surface area contributed by atoms with Crippen LogP contribution >= 0.6 is 0 Å². The van der Waals surface area contributed by atoms with E-state index in [-0.39, 0.29) is 12.4 Å². The standard InChI is InChI=1S/C25H23N3O5/c1-17-7-3-6-10-22(17)32-16-20-11-12-23(33-20)24(29)27-19-13-26-28(15-19)14-18-8-4-5-9-21(18)25(30)31-2/h3-13,15H,14,16H2,1-2H3,(H,27,29). The molecule has 8 nitrogen and oxygen atoms in total. The van der Waals surface area contributed by atoms with Gasteiger partial charge in [0, 0.05) is 6.20 Å². The lowest BCUT2D eigenvalue weighted by Gasteiger charge is -2.07. The van der Waals surface area contributed by atoms with E-state index in [0.717, 1.165) is 16.9 Å². The maximum Gasteiger partial charge on any atom is 0.338 e. The monoisotopic (exact) mass is 445 g/mol. The van der Waals surface area contributed by atoms with Gasteiger partial charge in [-0.1, -0.05) is 36.4 Å². The van der Waals surface area contributed by atoms with Gasteiger partial charge in [-0.25, -0.2) is 4.79 Å². The van der Waals surface area contributed by atoms with Crippen LogP contribution in [0.5, 0.6) is 5.75 Å².